The van der Waals surface area contributed by atoms with Gasteiger partial charge in [-0.2, -0.15) is 0 Å². The summed E-state index contributed by atoms with van der Waals surface area (Å²) < 4.78 is 0. The zero-order valence-electron chi connectivity index (χ0n) is 9.23. The van der Waals surface area contributed by atoms with Gasteiger partial charge in [0.05, 0.1) is 0 Å². The Bertz CT molecular complexity index is 366. The van der Waals surface area contributed by atoms with Crippen LogP contribution in [0.15, 0.2) is 24.3 Å². The Morgan fingerprint density at radius 3 is 2.25 bits per heavy atom. The lowest BCUT2D eigenvalue weighted by Gasteiger charge is -2.32. The number of piperidine rings is 1. The predicted octanol–water partition coefficient (Wildman–Crippen LogP) is 0.713. The standard InChI is InChI=1S/C12H17N3O/c13-10-5-7-15(8-6-10)11-3-1-9(2-4-11)12(14)16/h1-4,10H,5-8,13H2,(H2,14,16). The summed E-state index contributed by atoms with van der Waals surface area (Å²) in [4.78, 5) is 13.2. The van der Waals surface area contributed by atoms with Gasteiger partial charge in [-0.3, -0.25) is 4.79 Å². The van der Waals surface area contributed by atoms with E-state index in [2.05, 4.69) is 4.90 Å². The van der Waals surface area contributed by atoms with Gasteiger partial charge in [-0.1, -0.05) is 0 Å². The highest BCUT2D eigenvalue weighted by atomic mass is 16.1. The number of hydrogen-bond acceptors (Lipinski definition) is 3. The second-order valence-corrected chi connectivity index (χ2v) is 4.24. The topological polar surface area (TPSA) is 72.4 Å². The molecule has 1 heterocycles. The van der Waals surface area contributed by atoms with E-state index in [1.165, 1.54) is 0 Å². The van der Waals surface area contributed by atoms with Crippen LogP contribution in [0.4, 0.5) is 5.69 Å². The number of carbonyl (C=O) groups is 1. The SMILES string of the molecule is NC(=O)c1ccc(N2CCC(N)CC2)cc1. The van der Waals surface area contributed by atoms with E-state index >= 15 is 0 Å². The molecule has 1 saturated heterocycles. The van der Waals surface area contributed by atoms with Gasteiger partial charge in [0.25, 0.3) is 0 Å². The number of hydrogen-bond donors (Lipinski definition) is 2. The van der Waals surface area contributed by atoms with Crippen LogP contribution in [0.5, 0.6) is 0 Å². The Balaban J connectivity index is 2.07. The van der Waals surface area contributed by atoms with E-state index < -0.39 is 0 Å². The van der Waals surface area contributed by atoms with Crippen LogP contribution in [0.1, 0.15) is 23.2 Å². The minimum Gasteiger partial charge on any atom is -0.371 e. The Morgan fingerprint density at radius 2 is 1.75 bits per heavy atom. The van der Waals surface area contributed by atoms with E-state index in [0.717, 1.165) is 31.6 Å². The molecule has 2 rings (SSSR count). The summed E-state index contributed by atoms with van der Waals surface area (Å²) in [6, 6.07) is 7.76. The molecule has 0 unspecified atom stereocenters. The molecular formula is C12H17N3O. The molecule has 0 aliphatic carbocycles. The molecule has 0 spiro atoms. The zero-order chi connectivity index (χ0) is 11.5. The van der Waals surface area contributed by atoms with Crippen molar-refractivity contribution in [1.82, 2.24) is 0 Å². The fourth-order valence-electron chi connectivity index (χ4n) is 1.99. The highest BCUT2D eigenvalue weighted by Crippen LogP contribution is 2.19. The molecule has 1 fully saturated rings. The monoisotopic (exact) mass is 219 g/mol. The lowest BCUT2D eigenvalue weighted by atomic mass is 10.1. The molecule has 0 atom stereocenters. The van der Waals surface area contributed by atoms with Gasteiger partial charge < -0.3 is 16.4 Å². The first-order valence-electron chi connectivity index (χ1n) is 5.57. The van der Waals surface area contributed by atoms with Gasteiger partial charge in [-0.25, -0.2) is 0 Å². The maximum atomic E-state index is 10.9. The first kappa shape index (κ1) is 11.0. The molecule has 0 radical (unpaired) electrons. The van der Waals surface area contributed by atoms with E-state index in [4.69, 9.17) is 11.5 Å². The average molecular weight is 219 g/mol. The number of amides is 1. The average Bonchev–Trinajstić information content (AvgIpc) is 2.30. The normalized spacial score (nSPS) is 17.4. The summed E-state index contributed by atoms with van der Waals surface area (Å²) >= 11 is 0. The highest BCUT2D eigenvalue weighted by molar-refractivity contribution is 5.93. The number of anilines is 1. The second-order valence-electron chi connectivity index (χ2n) is 4.24. The van der Waals surface area contributed by atoms with Gasteiger partial charge >= 0.3 is 0 Å². The molecule has 4 nitrogen and oxygen atoms in total. The van der Waals surface area contributed by atoms with E-state index in [1.807, 2.05) is 12.1 Å². The molecule has 1 aliphatic heterocycles. The van der Waals surface area contributed by atoms with Crippen molar-refractivity contribution >= 4 is 11.6 Å². The van der Waals surface area contributed by atoms with Gasteiger partial charge in [-0.15, -0.1) is 0 Å². The van der Waals surface area contributed by atoms with Gasteiger partial charge in [0.1, 0.15) is 0 Å². The van der Waals surface area contributed by atoms with Crippen LogP contribution in [0, 0.1) is 0 Å². The molecule has 1 amide bonds. The minimum atomic E-state index is -0.382. The van der Waals surface area contributed by atoms with Crippen LogP contribution in [0.25, 0.3) is 0 Å². The Kier molecular flexibility index (Phi) is 3.10. The van der Waals surface area contributed by atoms with Crippen LogP contribution in [0.2, 0.25) is 0 Å². The van der Waals surface area contributed by atoms with Crippen LogP contribution < -0.4 is 16.4 Å². The largest absolute Gasteiger partial charge is 0.371 e. The second kappa shape index (κ2) is 4.53. The smallest absolute Gasteiger partial charge is 0.248 e. The summed E-state index contributed by atoms with van der Waals surface area (Å²) in [6.07, 6.45) is 2.05. The Labute approximate surface area is 95.2 Å². The number of benzene rings is 1. The summed E-state index contributed by atoms with van der Waals surface area (Å²) in [6.45, 7) is 1.97. The van der Waals surface area contributed by atoms with Crippen molar-refractivity contribution in [2.45, 2.75) is 18.9 Å². The van der Waals surface area contributed by atoms with Gasteiger partial charge in [0, 0.05) is 30.4 Å². The van der Waals surface area contributed by atoms with E-state index in [-0.39, 0.29) is 5.91 Å². The fraction of sp³-hybridized carbons (Fsp3) is 0.417. The molecule has 4 heteroatoms. The summed E-state index contributed by atoms with van der Waals surface area (Å²) in [5, 5.41) is 0. The molecule has 1 aromatic carbocycles. The third-order valence-corrected chi connectivity index (χ3v) is 3.06. The van der Waals surface area contributed by atoms with Crippen molar-refractivity contribution in [3.8, 4) is 0 Å². The number of nitrogens with two attached hydrogens (primary N) is 2. The third kappa shape index (κ3) is 2.33. The van der Waals surface area contributed by atoms with Crippen molar-refractivity contribution in [2.24, 2.45) is 11.5 Å². The van der Waals surface area contributed by atoms with Gasteiger partial charge in [-0.05, 0) is 37.1 Å². The molecule has 1 aliphatic rings. The molecule has 0 saturated carbocycles. The van der Waals surface area contributed by atoms with E-state index in [0.29, 0.717) is 11.6 Å². The van der Waals surface area contributed by atoms with Gasteiger partial charge in [0.2, 0.25) is 5.91 Å². The minimum absolute atomic E-state index is 0.334. The van der Waals surface area contributed by atoms with Crippen molar-refractivity contribution in [1.29, 1.82) is 0 Å². The van der Waals surface area contributed by atoms with Crippen LogP contribution in [-0.4, -0.2) is 25.0 Å². The molecule has 0 bridgehead atoms. The molecule has 4 N–H and O–H groups in total. The predicted molar refractivity (Wildman–Crippen MR) is 64.4 cm³/mol. The first-order valence-corrected chi connectivity index (χ1v) is 5.57. The van der Waals surface area contributed by atoms with Crippen molar-refractivity contribution in [3.05, 3.63) is 29.8 Å². The molecule has 1 aromatic rings. The number of primary amides is 1. The number of nitrogens with zero attached hydrogens (tertiary/aromatic N) is 1. The third-order valence-electron chi connectivity index (χ3n) is 3.06. The van der Waals surface area contributed by atoms with Crippen molar-refractivity contribution in [2.75, 3.05) is 18.0 Å². The highest BCUT2D eigenvalue weighted by Gasteiger charge is 2.16. The van der Waals surface area contributed by atoms with Crippen LogP contribution in [0.3, 0.4) is 0 Å². The zero-order valence-corrected chi connectivity index (χ0v) is 9.23. The fourth-order valence-corrected chi connectivity index (χ4v) is 1.99. The molecular weight excluding hydrogens is 202 g/mol. The van der Waals surface area contributed by atoms with Crippen LogP contribution in [-0.2, 0) is 0 Å². The molecule has 16 heavy (non-hydrogen) atoms. The van der Waals surface area contributed by atoms with E-state index in [1.54, 1.807) is 12.1 Å². The van der Waals surface area contributed by atoms with Crippen molar-refractivity contribution in [3.63, 3.8) is 0 Å². The lowest BCUT2D eigenvalue weighted by Crippen LogP contribution is -2.39. The maximum Gasteiger partial charge on any atom is 0.248 e. The Morgan fingerprint density at radius 1 is 1.19 bits per heavy atom. The summed E-state index contributed by atoms with van der Waals surface area (Å²) in [5.74, 6) is -0.382. The van der Waals surface area contributed by atoms with E-state index in [9.17, 15) is 4.79 Å². The summed E-state index contributed by atoms with van der Waals surface area (Å²) in [7, 11) is 0. The van der Waals surface area contributed by atoms with Crippen LogP contribution >= 0.6 is 0 Å². The van der Waals surface area contributed by atoms with Gasteiger partial charge in [0.15, 0.2) is 0 Å². The summed E-state index contributed by atoms with van der Waals surface area (Å²) in [5.41, 5.74) is 12.7. The molecule has 0 aromatic heterocycles. The number of rotatable bonds is 2. The quantitative estimate of drug-likeness (QED) is 0.769. The lowest BCUT2D eigenvalue weighted by molar-refractivity contribution is 0.100. The number of carbonyl (C=O) groups excluding carboxylic acids is 1. The first-order chi connectivity index (χ1) is 7.66. The Hall–Kier alpha value is -1.55. The maximum absolute atomic E-state index is 10.9. The van der Waals surface area contributed by atoms with Crippen molar-refractivity contribution < 1.29 is 4.79 Å². The molecule has 86 valence electrons.